The third-order valence-electron chi connectivity index (χ3n) is 3.18. The van der Waals surface area contributed by atoms with Gasteiger partial charge in [0, 0.05) is 12.6 Å². The van der Waals surface area contributed by atoms with Gasteiger partial charge in [-0.3, -0.25) is 0 Å². The van der Waals surface area contributed by atoms with E-state index in [1.54, 1.807) is 7.11 Å². The van der Waals surface area contributed by atoms with Crippen LogP contribution in [-0.2, 0) is 6.54 Å². The molecule has 21 heavy (non-hydrogen) atoms. The van der Waals surface area contributed by atoms with Crippen LogP contribution in [0.5, 0.6) is 11.5 Å². The van der Waals surface area contributed by atoms with Crippen LogP contribution in [0.2, 0.25) is 5.02 Å². The van der Waals surface area contributed by atoms with E-state index in [4.69, 9.17) is 21.1 Å². The third-order valence-corrected chi connectivity index (χ3v) is 3.46. The summed E-state index contributed by atoms with van der Waals surface area (Å²) >= 11 is 6.34. The fraction of sp³-hybridized carbons (Fsp3) is 0.647. The molecule has 0 heterocycles. The molecule has 4 heteroatoms. The van der Waals surface area contributed by atoms with Gasteiger partial charge in [0.2, 0.25) is 0 Å². The molecule has 0 amide bonds. The molecule has 1 N–H and O–H groups in total. The van der Waals surface area contributed by atoms with Crippen molar-refractivity contribution < 1.29 is 9.47 Å². The Morgan fingerprint density at radius 2 is 1.90 bits per heavy atom. The van der Waals surface area contributed by atoms with Crippen LogP contribution in [0.25, 0.3) is 0 Å². The zero-order chi connectivity index (χ0) is 15.8. The average Bonchev–Trinajstić information content (AvgIpc) is 2.42. The maximum Gasteiger partial charge on any atom is 0.179 e. The van der Waals surface area contributed by atoms with Gasteiger partial charge in [0.1, 0.15) is 0 Å². The first-order valence-corrected chi connectivity index (χ1v) is 8.04. The van der Waals surface area contributed by atoms with Gasteiger partial charge in [-0.05, 0) is 36.5 Å². The van der Waals surface area contributed by atoms with Gasteiger partial charge in [-0.1, -0.05) is 39.3 Å². The molecular weight excluding hydrogens is 286 g/mol. The van der Waals surface area contributed by atoms with Gasteiger partial charge >= 0.3 is 0 Å². The van der Waals surface area contributed by atoms with Gasteiger partial charge in [-0.15, -0.1) is 0 Å². The molecule has 0 fully saturated rings. The van der Waals surface area contributed by atoms with Crippen molar-refractivity contribution >= 4 is 11.6 Å². The minimum atomic E-state index is 0.432. The molecular formula is C17H28ClNO2. The van der Waals surface area contributed by atoms with Crippen molar-refractivity contribution in [2.24, 2.45) is 5.92 Å². The van der Waals surface area contributed by atoms with Crippen molar-refractivity contribution in [2.45, 2.75) is 53.1 Å². The Morgan fingerprint density at radius 1 is 1.19 bits per heavy atom. The Morgan fingerprint density at radius 3 is 2.48 bits per heavy atom. The lowest BCUT2D eigenvalue weighted by Gasteiger charge is -2.15. The standard InChI is InChI=1S/C17H28ClNO2/c1-12(2)7-6-8-21-17-15(18)9-14(10-16(17)20-5)11-19-13(3)4/h9-10,12-13,19H,6-8,11H2,1-5H3. The minimum Gasteiger partial charge on any atom is -0.493 e. The van der Waals surface area contributed by atoms with Gasteiger partial charge in [0.25, 0.3) is 0 Å². The molecule has 0 aliphatic carbocycles. The molecule has 1 aromatic carbocycles. The lowest BCUT2D eigenvalue weighted by Crippen LogP contribution is -2.21. The number of nitrogens with one attached hydrogen (secondary N) is 1. The topological polar surface area (TPSA) is 30.5 Å². The summed E-state index contributed by atoms with van der Waals surface area (Å²) < 4.78 is 11.2. The molecule has 0 spiro atoms. The average molecular weight is 314 g/mol. The highest BCUT2D eigenvalue weighted by molar-refractivity contribution is 6.32. The summed E-state index contributed by atoms with van der Waals surface area (Å²) in [5.74, 6) is 2.04. The molecule has 0 atom stereocenters. The van der Waals surface area contributed by atoms with Gasteiger partial charge in [-0.25, -0.2) is 0 Å². The van der Waals surface area contributed by atoms with E-state index in [1.807, 2.05) is 12.1 Å². The van der Waals surface area contributed by atoms with Gasteiger partial charge in [-0.2, -0.15) is 0 Å². The van der Waals surface area contributed by atoms with E-state index in [-0.39, 0.29) is 0 Å². The Kier molecular flexibility index (Phi) is 7.91. The summed E-state index contributed by atoms with van der Waals surface area (Å²) in [5.41, 5.74) is 1.10. The van der Waals surface area contributed by atoms with Gasteiger partial charge < -0.3 is 14.8 Å². The minimum absolute atomic E-state index is 0.432. The van der Waals surface area contributed by atoms with Crippen molar-refractivity contribution in [1.82, 2.24) is 5.32 Å². The van der Waals surface area contributed by atoms with E-state index in [0.29, 0.717) is 35.1 Å². The van der Waals surface area contributed by atoms with Crippen molar-refractivity contribution in [2.75, 3.05) is 13.7 Å². The maximum atomic E-state index is 6.34. The number of rotatable bonds is 9. The Labute approximate surface area is 134 Å². The van der Waals surface area contributed by atoms with Crippen LogP contribution in [0.1, 0.15) is 46.1 Å². The molecule has 0 aromatic heterocycles. The summed E-state index contributed by atoms with van der Waals surface area (Å²) in [6, 6.07) is 4.36. The summed E-state index contributed by atoms with van der Waals surface area (Å²) in [5, 5.41) is 3.98. The zero-order valence-corrected chi connectivity index (χ0v) is 14.6. The highest BCUT2D eigenvalue weighted by Gasteiger charge is 2.12. The Balaban J connectivity index is 2.70. The van der Waals surface area contributed by atoms with Crippen LogP contribution >= 0.6 is 11.6 Å². The molecule has 120 valence electrons. The normalized spacial score (nSPS) is 11.2. The zero-order valence-electron chi connectivity index (χ0n) is 13.8. The summed E-state index contributed by atoms with van der Waals surface area (Å²) in [6.45, 7) is 10.1. The molecule has 0 radical (unpaired) electrons. The van der Waals surface area contributed by atoms with E-state index in [2.05, 4.69) is 33.0 Å². The molecule has 0 bridgehead atoms. The van der Waals surface area contributed by atoms with Crippen LogP contribution in [0.3, 0.4) is 0 Å². The van der Waals surface area contributed by atoms with Crippen molar-refractivity contribution in [3.63, 3.8) is 0 Å². The molecule has 3 nitrogen and oxygen atoms in total. The Hall–Kier alpha value is -0.930. The van der Waals surface area contributed by atoms with Crippen molar-refractivity contribution in [1.29, 1.82) is 0 Å². The molecule has 0 aliphatic rings. The van der Waals surface area contributed by atoms with E-state index in [1.165, 1.54) is 0 Å². The number of ether oxygens (including phenoxy) is 2. The molecule has 0 saturated heterocycles. The first kappa shape index (κ1) is 18.1. The summed E-state index contributed by atoms with van der Waals surface area (Å²) in [6.07, 6.45) is 2.17. The van der Waals surface area contributed by atoms with Crippen molar-refractivity contribution in [3.05, 3.63) is 22.7 Å². The van der Waals surface area contributed by atoms with Crippen LogP contribution in [0.15, 0.2) is 12.1 Å². The van der Waals surface area contributed by atoms with E-state index < -0.39 is 0 Å². The van der Waals surface area contributed by atoms with Crippen LogP contribution in [-0.4, -0.2) is 19.8 Å². The highest BCUT2D eigenvalue weighted by Crippen LogP contribution is 2.36. The molecule has 1 rings (SSSR count). The first-order chi connectivity index (χ1) is 9.93. The van der Waals surface area contributed by atoms with E-state index in [9.17, 15) is 0 Å². The predicted octanol–water partition coefficient (Wildman–Crippen LogP) is 4.66. The largest absolute Gasteiger partial charge is 0.493 e. The highest BCUT2D eigenvalue weighted by atomic mass is 35.5. The fourth-order valence-electron chi connectivity index (χ4n) is 2.00. The fourth-order valence-corrected chi connectivity index (χ4v) is 2.29. The van der Waals surface area contributed by atoms with E-state index >= 15 is 0 Å². The molecule has 0 unspecified atom stereocenters. The van der Waals surface area contributed by atoms with Crippen LogP contribution < -0.4 is 14.8 Å². The number of halogens is 1. The third kappa shape index (κ3) is 6.58. The van der Waals surface area contributed by atoms with Crippen LogP contribution in [0, 0.1) is 5.92 Å². The van der Waals surface area contributed by atoms with Crippen LogP contribution in [0.4, 0.5) is 0 Å². The number of hydrogen-bond donors (Lipinski definition) is 1. The first-order valence-electron chi connectivity index (χ1n) is 7.66. The second-order valence-electron chi connectivity index (χ2n) is 6.03. The van der Waals surface area contributed by atoms with Gasteiger partial charge in [0.05, 0.1) is 18.7 Å². The van der Waals surface area contributed by atoms with Crippen molar-refractivity contribution in [3.8, 4) is 11.5 Å². The second-order valence-corrected chi connectivity index (χ2v) is 6.44. The SMILES string of the molecule is COc1cc(CNC(C)C)cc(Cl)c1OCCCC(C)C. The monoisotopic (exact) mass is 313 g/mol. The molecule has 1 aromatic rings. The quantitative estimate of drug-likeness (QED) is 0.672. The van der Waals surface area contributed by atoms with Gasteiger partial charge in [0.15, 0.2) is 11.5 Å². The number of hydrogen-bond acceptors (Lipinski definition) is 3. The summed E-state index contributed by atoms with van der Waals surface area (Å²) in [7, 11) is 1.65. The second kappa shape index (κ2) is 9.16. The number of methoxy groups -OCH3 is 1. The summed E-state index contributed by atoms with van der Waals surface area (Å²) in [4.78, 5) is 0. The molecule has 0 saturated carbocycles. The smallest absolute Gasteiger partial charge is 0.179 e. The molecule has 0 aliphatic heterocycles. The lowest BCUT2D eigenvalue weighted by atomic mass is 10.1. The number of benzene rings is 1. The van der Waals surface area contributed by atoms with E-state index in [0.717, 1.165) is 24.9 Å². The maximum absolute atomic E-state index is 6.34. The lowest BCUT2D eigenvalue weighted by molar-refractivity contribution is 0.279. The Bertz CT molecular complexity index is 433. The predicted molar refractivity (Wildman–Crippen MR) is 89.5 cm³/mol.